The molecule has 3 aromatic rings. The molecule has 5 heteroatoms. The molecule has 0 spiro atoms. The van der Waals surface area contributed by atoms with E-state index in [1.54, 1.807) is 0 Å². The van der Waals surface area contributed by atoms with Gasteiger partial charge in [-0.1, -0.05) is 17.7 Å². The molecular formula is C21H27Cl2N3. The van der Waals surface area contributed by atoms with E-state index in [1.165, 1.54) is 33.7 Å². The summed E-state index contributed by atoms with van der Waals surface area (Å²) >= 11 is 0. The van der Waals surface area contributed by atoms with Crippen molar-refractivity contribution in [2.24, 2.45) is 0 Å². The number of pyridine rings is 1. The first-order valence-corrected chi connectivity index (χ1v) is 7.65. The van der Waals surface area contributed by atoms with Crippen LogP contribution in [0.15, 0.2) is 36.5 Å². The fourth-order valence-corrected chi connectivity index (χ4v) is 3.07. The van der Waals surface area contributed by atoms with Gasteiger partial charge in [0.15, 0.2) is 0 Å². The van der Waals surface area contributed by atoms with Crippen LogP contribution in [0.25, 0.3) is 10.9 Å². The lowest BCUT2D eigenvalue weighted by Crippen LogP contribution is -2.27. The van der Waals surface area contributed by atoms with E-state index >= 15 is 0 Å². The van der Waals surface area contributed by atoms with Crippen LogP contribution in [0, 0.1) is 13.7 Å². The van der Waals surface area contributed by atoms with Crippen molar-refractivity contribution < 1.29 is 17.8 Å². The number of fused-ring (bicyclic) bond motifs is 3. The van der Waals surface area contributed by atoms with Crippen LogP contribution in [-0.4, -0.2) is 28.0 Å². The Bertz CT molecular complexity index is 1330. The van der Waals surface area contributed by atoms with Crippen molar-refractivity contribution in [1.82, 2.24) is 14.5 Å². The minimum Gasteiger partial charge on any atom is -0.344 e. The summed E-state index contributed by atoms with van der Waals surface area (Å²) in [4.78, 5) is 5.07. The van der Waals surface area contributed by atoms with Gasteiger partial charge >= 0.3 is 0 Å². The van der Waals surface area contributed by atoms with Crippen LogP contribution in [0.2, 0.25) is 0 Å². The summed E-state index contributed by atoms with van der Waals surface area (Å²) in [6, 6.07) is 6.46. The minimum atomic E-state index is -2.74. The van der Waals surface area contributed by atoms with E-state index in [-0.39, 0.29) is 66.7 Å². The van der Waals surface area contributed by atoms with E-state index in [9.17, 15) is 0 Å². The molecule has 3 heterocycles. The summed E-state index contributed by atoms with van der Waals surface area (Å²) in [5, 5.41) is 0.341. The molecule has 0 amide bonds. The Balaban J connectivity index is 0.00000267. The van der Waals surface area contributed by atoms with Gasteiger partial charge in [-0.15, -0.1) is 24.8 Å². The molecule has 0 saturated heterocycles. The highest BCUT2D eigenvalue weighted by Gasteiger charge is 2.22. The van der Waals surface area contributed by atoms with Crippen molar-refractivity contribution >= 4 is 35.7 Å². The number of rotatable bonds is 3. The Morgan fingerprint density at radius 3 is 2.85 bits per heavy atom. The molecule has 0 atom stereocenters. The summed E-state index contributed by atoms with van der Waals surface area (Å²) in [5.41, 5.74) is 0.599. The molecule has 2 aromatic heterocycles. The maximum atomic E-state index is 8.95. The van der Waals surface area contributed by atoms with E-state index in [0.717, 1.165) is 12.3 Å². The third-order valence-corrected chi connectivity index (χ3v) is 4.22. The van der Waals surface area contributed by atoms with E-state index in [2.05, 4.69) is 4.98 Å². The maximum Gasteiger partial charge on any atom is 0.0501 e. The summed E-state index contributed by atoms with van der Waals surface area (Å²) in [6.07, 6.45) is -1.60. The number of nitrogens with zero attached hydrogens (tertiary/aromatic N) is 3. The topological polar surface area (TPSA) is 21.1 Å². The van der Waals surface area contributed by atoms with Gasteiger partial charge in [-0.05, 0) is 56.4 Å². The Hall–Kier alpha value is -1.55. The van der Waals surface area contributed by atoms with Gasteiger partial charge in [0.1, 0.15) is 0 Å². The quantitative estimate of drug-likeness (QED) is 0.628. The van der Waals surface area contributed by atoms with Gasteiger partial charge in [-0.25, -0.2) is 0 Å². The highest BCUT2D eigenvalue weighted by atomic mass is 35.5. The molecule has 0 N–H and O–H groups in total. The Morgan fingerprint density at radius 1 is 1.19 bits per heavy atom. The van der Waals surface area contributed by atoms with Gasteiger partial charge in [-0.2, -0.15) is 0 Å². The van der Waals surface area contributed by atoms with E-state index in [1.807, 2.05) is 0 Å². The molecule has 1 aromatic carbocycles. The summed E-state index contributed by atoms with van der Waals surface area (Å²) in [7, 11) is 0. The Morgan fingerprint density at radius 2 is 2.12 bits per heavy atom. The van der Waals surface area contributed by atoms with Crippen LogP contribution in [-0.2, 0) is 25.8 Å². The second-order valence-electron chi connectivity index (χ2n) is 5.83. The van der Waals surface area contributed by atoms with Gasteiger partial charge in [0.2, 0.25) is 0 Å². The van der Waals surface area contributed by atoms with Crippen molar-refractivity contribution in [3.63, 3.8) is 0 Å². The van der Waals surface area contributed by atoms with Crippen LogP contribution in [0.4, 0.5) is 0 Å². The zero-order valence-corrected chi connectivity index (χ0v) is 15.4. The van der Waals surface area contributed by atoms with Crippen molar-refractivity contribution in [1.29, 1.82) is 0 Å². The lowest BCUT2D eigenvalue weighted by molar-refractivity contribution is 0.309. The largest absolute Gasteiger partial charge is 0.344 e. The lowest BCUT2D eigenvalue weighted by Gasteiger charge is -2.24. The number of hydrogen-bond donors (Lipinski definition) is 0. The zero-order chi connectivity index (χ0) is 27.8. The first-order valence-electron chi connectivity index (χ1n) is 14.2. The number of likely N-dealkylation sites (N-methyl/N-ethyl adjacent to an activating group) is 1. The molecule has 26 heavy (non-hydrogen) atoms. The molecular weight excluding hydrogens is 365 g/mol. The van der Waals surface area contributed by atoms with E-state index in [4.69, 9.17) is 17.8 Å². The van der Waals surface area contributed by atoms with Crippen molar-refractivity contribution in [2.45, 2.75) is 39.5 Å². The minimum absolute atomic E-state index is 0. The first-order chi connectivity index (χ1) is 16.8. The Labute approximate surface area is 186 Å². The van der Waals surface area contributed by atoms with Crippen molar-refractivity contribution in [3.05, 3.63) is 64.6 Å². The molecule has 0 unspecified atom stereocenters. The molecule has 1 aliphatic rings. The van der Waals surface area contributed by atoms with Gasteiger partial charge in [0, 0.05) is 69.6 Å². The fourth-order valence-electron chi connectivity index (χ4n) is 3.07. The number of hydrogen-bond acceptors (Lipinski definition) is 2. The zero-order valence-electron chi connectivity index (χ0n) is 26.7. The predicted molar refractivity (Wildman–Crippen MR) is 114 cm³/mol. The van der Waals surface area contributed by atoms with E-state index in [0.29, 0.717) is 16.6 Å². The molecule has 0 radical (unpaired) electrons. The normalized spacial score (nSPS) is 23.8. The highest BCUT2D eigenvalue weighted by Crippen LogP contribution is 2.31. The highest BCUT2D eigenvalue weighted by molar-refractivity contribution is 5.86. The van der Waals surface area contributed by atoms with Gasteiger partial charge in [0.25, 0.3) is 0 Å². The fraction of sp³-hybridized carbons (Fsp3) is 0.381. The summed E-state index contributed by atoms with van der Waals surface area (Å²) < 4.78 is 106. The molecule has 4 rings (SSSR count). The lowest BCUT2D eigenvalue weighted by atomic mass is 10.0. The number of aryl methyl sites for hydroxylation is 4. The molecule has 140 valence electrons. The van der Waals surface area contributed by atoms with Crippen molar-refractivity contribution in [2.75, 3.05) is 13.5 Å². The average molecular weight is 405 g/mol. The van der Waals surface area contributed by atoms with E-state index < -0.39 is 33.5 Å². The summed E-state index contributed by atoms with van der Waals surface area (Å²) in [5.74, 6) is 0. The van der Waals surface area contributed by atoms with Crippen LogP contribution < -0.4 is 0 Å². The molecule has 0 bridgehead atoms. The molecule has 0 fully saturated rings. The standard InChI is InChI=1S/C21H25N3.2ClH/c1-15-4-7-20-18(12-15)19-14-23(3)10-9-21(19)24(20)11-8-17-6-5-16(2)22-13-17;;/h4-7,12-13H,8-11,14H2,1-3H3;2*1H/i1D3,2D3,3D3,8D2,11D2;;. The SMILES string of the molecule is Cl.Cl.[2H]C([2H])([2H])c1ccc2c(c1)c1c(n2C([2H])([2H])C([2H])([2H])c2ccc(C([2H])([2H])[2H])nc2)CCN(C([2H])([2H])[2H])C1. The van der Waals surface area contributed by atoms with Crippen LogP contribution in [0.3, 0.4) is 0 Å². The van der Waals surface area contributed by atoms with Crippen LogP contribution in [0.1, 0.15) is 45.9 Å². The van der Waals surface area contributed by atoms with Crippen LogP contribution >= 0.6 is 24.8 Å². The molecule has 0 aliphatic carbocycles. The third-order valence-electron chi connectivity index (χ3n) is 4.22. The monoisotopic (exact) mass is 404 g/mol. The third kappa shape index (κ3) is 3.90. The number of benzene rings is 1. The van der Waals surface area contributed by atoms with Crippen LogP contribution in [0.5, 0.6) is 0 Å². The number of halogens is 2. The maximum absolute atomic E-state index is 8.95. The Kier molecular flexibility index (Phi) is 2.95. The smallest absolute Gasteiger partial charge is 0.0501 e. The molecule has 1 aliphatic heterocycles. The second-order valence-corrected chi connectivity index (χ2v) is 5.83. The second kappa shape index (κ2) is 8.43. The molecule has 0 saturated carbocycles. The number of aromatic nitrogens is 2. The van der Waals surface area contributed by atoms with Gasteiger partial charge < -0.3 is 9.47 Å². The summed E-state index contributed by atoms with van der Waals surface area (Å²) in [6.45, 7) is -10.1. The van der Waals surface area contributed by atoms with Gasteiger partial charge in [-0.3, -0.25) is 4.98 Å². The first kappa shape index (κ1) is 9.09. The molecule has 3 nitrogen and oxygen atoms in total. The average Bonchev–Trinajstić information content (AvgIpc) is 3.11. The van der Waals surface area contributed by atoms with Gasteiger partial charge in [0.05, 0.1) is 2.74 Å². The predicted octanol–water partition coefficient (Wildman–Crippen LogP) is 4.73. The van der Waals surface area contributed by atoms with Crippen molar-refractivity contribution in [3.8, 4) is 0 Å².